The zero-order valence-electron chi connectivity index (χ0n) is 11.1. The summed E-state index contributed by atoms with van der Waals surface area (Å²) in [5.74, 6) is -0.169. The van der Waals surface area contributed by atoms with Gasteiger partial charge in [0.1, 0.15) is 5.69 Å². The summed E-state index contributed by atoms with van der Waals surface area (Å²) in [6, 6.07) is 4.45. The number of nitrogens with zero attached hydrogens (tertiary/aromatic N) is 2. The Morgan fingerprint density at radius 2 is 2.21 bits per heavy atom. The number of anilines is 1. The predicted octanol–water partition coefficient (Wildman–Crippen LogP) is 2.49. The van der Waals surface area contributed by atoms with Gasteiger partial charge in [0.15, 0.2) is 0 Å². The Morgan fingerprint density at radius 1 is 1.53 bits per heavy atom. The first kappa shape index (κ1) is 13.7. The van der Waals surface area contributed by atoms with Crippen molar-refractivity contribution in [2.24, 2.45) is 5.92 Å². The third-order valence-corrected chi connectivity index (χ3v) is 3.50. The Balaban J connectivity index is 2.10. The van der Waals surface area contributed by atoms with Crippen molar-refractivity contribution in [2.45, 2.75) is 18.9 Å². The second-order valence-electron chi connectivity index (χ2n) is 5.14. The van der Waals surface area contributed by atoms with Crippen LogP contribution in [0.5, 0.6) is 0 Å². The fourth-order valence-electron chi connectivity index (χ4n) is 2.31. The van der Waals surface area contributed by atoms with Crippen LogP contribution in [-0.4, -0.2) is 36.5 Å². The van der Waals surface area contributed by atoms with E-state index < -0.39 is 16.4 Å². The lowest BCUT2D eigenvalue weighted by molar-refractivity contribution is -0.386. The van der Waals surface area contributed by atoms with Crippen molar-refractivity contribution in [3.8, 4) is 0 Å². The number of nitro groups is 1. The molecule has 0 aliphatic heterocycles. The third kappa shape index (κ3) is 3.20. The zero-order chi connectivity index (χ0) is 14.0. The molecule has 19 heavy (non-hydrogen) atoms. The minimum atomic E-state index is -0.803. The average molecular weight is 267 g/mol. The molecule has 1 aliphatic rings. The number of likely N-dealkylation sites (N-methyl/N-ethyl adjacent to an activating group) is 1. The van der Waals surface area contributed by atoms with Gasteiger partial charge in [-0.3, -0.25) is 10.1 Å². The molecule has 1 aromatic carbocycles. The summed E-state index contributed by atoms with van der Waals surface area (Å²) in [7, 11) is 3.98. The van der Waals surface area contributed by atoms with Crippen LogP contribution in [0.1, 0.15) is 12.8 Å². The Bertz CT molecular complexity index is 473. The number of benzene rings is 1. The molecule has 104 valence electrons. The lowest BCUT2D eigenvalue weighted by Gasteiger charge is -2.24. The Hall–Kier alpha value is -1.69. The highest BCUT2D eigenvalue weighted by molar-refractivity contribution is 5.62. The van der Waals surface area contributed by atoms with Crippen molar-refractivity contribution in [3.63, 3.8) is 0 Å². The maximum absolute atomic E-state index is 13.5. The first-order valence-electron chi connectivity index (χ1n) is 6.34. The molecule has 0 bridgehead atoms. The highest BCUT2D eigenvalue weighted by atomic mass is 19.1. The second kappa shape index (κ2) is 5.52. The number of hydrogen-bond donors (Lipinski definition) is 1. The zero-order valence-corrected chi connectivity index (χ0v) is 11.1. The van der Waals surface area contributed by atoms with Gasteiger partial charge < -0.3 is 10.2 Å². The van der Waals surface area contributed by atoms with Crippen LogP contribution in [0.2, 0.25) is 0 Å². The molecule has 1 N–H and O–H groups in total. The van der Waals surface area contributed by atoms with Gasteiger partial charge in [-0.25, -0.2) is 0 Å². The molecule has 0 amide bonds. The molecular weight excluding hydrogens is 249 g/mol. The van der Waals surface area contributed by atoms with Crippen molar-refractivity contribution >= 4 is 11.4 Å². The van der Waals surface area contributed by atoms with Crippen LogP contribution in [0.3, 0.4) is 0 Å². The number of para-hydroxylation sites is 1. The number of nitro benzene ring substituents is 1. The Labute approximate surface area is 111 Å². The molecular formula is C13H18FN3O2. The maximum Gasteiger partial charge on any atom is 0.327 e. The lowest BCUT2D eigenvalue weighted by Crippen LogP contribution is -2.36. The van der Waals surface area contributed by atoms with Gasteiger partial charge in [-0.1, -0.05) is 6.07 Å². The first-order chi connectivity index (χ1) is 9.00. The SMILES string of the molecule is CN(C)C(CNc1cccc(F)c1[N+](=O)[O-])C1CC1. The summed E-state index contributed by atoms with van der Waals surface area (Å²) in [5, 5.41) is 13.9. The minimum absolute atomic E-state index is 0.248. The molecule has 2 rings (SSSR count). The summed E-state index contributed by atoms with van der Waals surface area (Å²) in [6.45, 7) is 0.585. The summed E-state index contributed by atoms with van der Waals surface area (Å²) in [5.41, 5.74) is -0.228. The molecule has 0 heterocycles. The Kier molecular flexibility index (Phi) is 3.99. The number of hydrogen-bond acceptors (Lipinski definition) is 4. The van der Waals surface area contributed by atoms with E-state index in [0.29, 0.717) is 18.5 Å². The number of rotatable bonds is 6. The molecule has 6 heteroatoms. The van der Waals surface area contributed by atoms with Gasteiger partial charge in [-0.05, 0) is 45.0 Å². The van der Waals surface area contributed by atoms with E-state index in [1.807, 2.05) is 14.1 Å². The topological polar surface area (TPSA) is 58.4 Å². The second-order valence-corrected chi connectivity index (χ2v) is 5.14. The van der Waals surface area contributed by atoms with Crippen LogP contribution in [0.25, 0.3) is 0 Å². The van der Waals surface area contributed by atoms with Crippen molar-refractivity contribution in [3.05, 3.63) is 34.1 Å². The van der Waals surface area contributed by atoms with Crippen molar-refractivity contribution in [1.29, 1.82) is 0 Å². The molecule has 1 fully saturated rings. The summed E-state index contributed by atoms with van der Waals surface area (Å²) < 4.78 is 13.5. The van der Waals surface area contributed by atoms with Crippen LogP contribution in [0.15, 0.2) is 18.2 Å². The minimum Gasteiger partial charge on any atom is -0.378 e. The van der Waals surface area contributed by atoms with Crippen LogP contribution in [0.4, 0.5) is 15.8 Å². The number of halogens is 1. The van der Waals surface area contributed by atoms with Gasteiger partial charge in [0.25, 0.3) is 0 Å². The molecule has 1 aromatic rings. The molecule has 1 aliphatic carbocycles. The molecule has 1 saturated carbocycles. The number of nitrogens with one attached hydrogen (secondary N) is 1. The molecule has 1 unspecified atom stereocenters. The van der Waals surface area contributed by atoms with E-state index in [-0.39, 0.29) is 5.69 Å². The molecule has 1 atom stereocenters. The summed E-state index contributed by atoms with van der Waals surface area (Å²) in [6.07, 6.45) is 2.38. The monoisotopic (exact) mass is 267 g/mol. The fourth-order valence-corrected chi connectivity index (χ4v) is 2.31. The van der Waals surface area contributed by atoms with E-state index in [1.165, 1.54) is 18.9 Å². The van der Waals surface area contributed by atoms with Gasteiger partial charge in [0, 0.05) is 12.6 Å². The molecule has 0 aromatic heterocycles. The van der Waals surface area contributed by atoms with E-state index >= 15 is 0 Å². The molecule has 0 radical (unpaired) electrons. The van der Waals surface area contributed by atoms with Crippen LogP contribution in [-0.2, 0) is 0 Å². The molecule has 5 nitrogen and oxygen atoms in total. The smallest absolute Gasteiger partial charge is 0.327 e. The van der Waals surface area contributed by atoms with Gasteiger partial charge in [-0.2, -0.15) is 4.39 Å². The highest BCUT2D eigenvalue weighted by Crippen LogP contribution is 2.35. The van der Waals surface area contributed by atoms with Crippen molar-refractivity contribution in [2.75, 3.05) is 26.0 Å². The van der Waals surface area contributed by atoms with Crippen molar-refractivity contribution in [1.82, 2.24) is 4.90 Å². The average Bonchev–Trinajstić information content (AvgIpc) is 3.12. The van der Waals surface area contributed by atoms with Gasteiger partial charge in [-0.15, -0.1) is 0 Å². The molecule has 0 spiro atoms. The summed E-state index contributed by atoms with van der Waals surface area (Å²) >= 11 is 0. The van der Waals surface area contributed by atoms with Gasteiger partial charge in [0.05, 0.1) is 4.92 Å². The van der Waals surface area contributed by atoms with Gasteiger partial charge in [0.2, 0.25) is 5.82 Å². The van der Waals surface area contributed by atoms with E-state index in [2.05, 4.69) is 10.2 Å². The standard InChI is InChI=1S/C13H18FN3O2/c1-16(2)12(9-6-7-9)8-15-11-5-3-4-10(14)13(11)17(18)19/h3-5,9,12,15H,6-8H2,1-2H3. The van der Waals surface area contributed by atoms with E-state index in [9.17, 15) is 14.5 Å². The van der Waals surface area contributed by atoms with E-state index in [1.54, 1.807) is 6.07 Å². The largest absolute Gasteiger partial charge is 0.378 e. The normalized spacial score (nSPS) is 16.4. The Morgan fingerprint density at radius 3 is 2.74 bits per heavy atom. The highest BCUT2D eigenvalue weighted by Gasteiger charge is 2.32. The maximum atomic E-state index is 13.5. The van der Waals surface area contributed by atoms with Crippen molar-refractivity contribution < 1.29 is 9.31 Å². The fraction of sp³-hybridized carbons (Fsp3) is 0.538. The van der Waals surface area contributed by atoms with Crippen LogP contribution >= 0.6 is 0 Å². The lowest BCUT2D eigenvalue weighted by atomic mass is 10.1. The predicted molar refractivity (Wildman–Crippen MR) is 71.7 cm³/mol. The van der Waals surface area contributed by atoms with Crippen LogP contribution < -0.4 is 5.32 Å². The third-order valence-electron chi connectivity index (χ3n) is 3.50. The first-order valence-corrected chi connectivity index (χ1v) is 6.34. The van der Waals surface area contributed by atoms with E-state index in [4.69, 9.17) is 0 Å². The quantitative estimate of drug-likeness (QED) is 0.635. The van der Waals surface area contributed by atoms with Gasteiger partial charge >= 0.3 is 5.69 Å². The molecule has 0 saturated heterocycles. The van der Waals surface area contributed by atoms with E-state index in [0.717, 1.165) is 6.07 Å². The van der Waals surface area contributed by atoms with Crippen LogP contribution in [0, 0.1) is 21.8 Å². The summed E-state index contributed by atoms with van der Waals surface area (Å²) in [4.78, 5) is 12.3.